The molecule has 0 amide bonds. The van der Waals surface area contributed by atoms with Gasteiger partial charge in [-0.2, -0.15) is 0 Å². The second-order valence-electron chi connectivity index (χ2n) is 3.74. The van der Waals surface area contributed by atoms with Gasteiger partial charge in [-0.25, -0.2) is 4.39 Å². The van der Waals surface area contributed by atoms with Gasteiger partial charge in [0.2, 0.25) is 0 Å². The smallest absolute Gasteiger partial charge is 0.166 e. The molecule has 3 N–H and O–H groups in total. The number of ether oxygens (including phenoxy) is 1. The number of nitrogens with two attached hydrogens (primary N) is 1. The highest BCUT2D eigenvalue weighted by molar-refractivity contribution is 9.10. The Kier molecular flexibility index (Phi) is 4.21. The molecule has 0 bridgehead atoms. The molecule has 2 aromatic rings. The number of nitrogen functional groups attached to an aromatic ring is 1. The first-order valence-corrected chi connectivity index (χ1v) is 6.83. The molecule has 0 aromatic heterocycles. The van der Waals surface area contributed by atoms with Crippen LogP contribution in [0, 0.1) is 11.2 Å². The molecular weight excluding hydrogens is 379 g/mol. The summed E-state index contributed by atoms with van der Waals surface area (Å²) in [5.41, 5.74) is 5.95. The predicted molar refractivity (Wildman–Crippen MR) is 79.3 cm³/mol. The van der Waals surface area contributed by atoms with Gasteiger partial charge in [0.25, 0.3) is 0 Å². The van der Waals surface area contributed by atoms with Crippen molar-refractivity contribution < 1.29 is 9.13 Å². The Morgan fingerprint density at radius 2 is 1.79 bits per heavy atom. The summed E-state index contributed by atoms with van der Waals surface area (Å²) < 4.78 is 20.4. The lowest BCUT2D eigenvalue weighted by Gasteiger charge is -2.10. The molecule has 2 aromatic carbocycles. The third-order valence-corrected chi connectivity index (χ3v) is 3.47. The van der Waals surface area contributed by atoms with E-state index in [0.717, 1.165) is 0 Å². The largest absolute Gasteiger partial charge is 0.453 e. The van der Waals surface area contributed by atoms with Crippen LogP contribution in [0.4, 0.5) is 4.39 Å². The lowest BCUT2D eigenvalue weighted by atomic mass is 10.2. The lowest BCUT2D eigenvalue weighted by molar-refractivity contribution is 0.439. The van der Waals surface area contributed by atoms with Crippen LogP contribution in [0.5, 0.6) is 11.5 Å². The molecule has 0 heterocycles. The van der Waals surface area contributed by atoms with Crippen molar-refractivity contribution in [2.24, 2.45) is 5.73 Å². The number of hydrogen-bond acceptors (Lipinski definition) is 2. The van der Waals surface area contributed by atoms with Gasteiger partial charge in [-0.05, 0) is 52.3 Å². The van der Waals surface area contributed by atoms with E-state index in [1.165, 1.54) is 12.1 Å². The van der Waals surface area contributed by atoms with E-state index < -0.39 is 5.82 Å². The molecule has 0 spiro atoms. The van der Waals surface area contributed by atoms with Crippen molar-refractivity contribution in [1.29, 1.82) is 5.41 Å². The minimum absolute atomic E-state index is 0.0397. The molecule has 0 aliphatic carbocycles. The van der Waals surface area contributed by atoms with Gasteiger partial charge in [0.05, 0.1) is 4.47 Å². The first kappa shape index (κ1) is 14.0. The zero-order chi connectivity index (χ0) is 14.0. The number of rotatable bonds is 3. The summed E-state index contributed by atoms with van der Waals surface area (Å²) in [6, 6.07) is 9.46. The summed E-state index contributed by atoms with van der Waals surface area (Å²) in [6.45, 7) is 0. The highest BCUT2D eigenvalue weighted by atomic mass is 79.9. The van der Waals surface area contributed by atoms with Gasteiger partial charge in [-0.1, -0.05) is 15.9 Å². The van der Waals surface area contributed by atoms with Crippen LogP contribution < -0.4 is 10.5 Å². The molecular formula is C13H9Br2FN2O. The summed E-state index contributed by atoms with van der Waals surface area (Å²) >= 11 is 6.48. The summed E-state index contributed by atoms with van der Waals surface area (Å²) in [7, 11) is 0. The average molecular weight is 388 g/mol. The van der Waals surface area contributed by atoms with Crippen molar-refractivity contribution in [3.05, 3.63) is 56.7 Å². The zero-order valence-corrected chi connectivity index (χ0v) is 12.8. The molecule has 0 saturated heterocycles. The fourth-order valence-electron chi connectivity index (χ4n) is 1.43. The first-order valence-electron chi connectivity index (χ1n) is 5.24. The topological polar surface area (TPSA) is 59.1 Å². The maximum atomic E-state index is 13.7. The van der Waals surface area contributed by atoms with Crippen molar-refractivity contribution in [2.45, 2.75) is 0 Å². The summed E-state index contributed by atoms with van der Waals surface area (Å²) in [4.78, 5) is 0. The fraction of sp³-hybridized carbons (Fsp3) is 0. The van der Waals surface area contributed by atoms with Crippen molar-refractivity contribution in [2.75, 3.05) is 0 Å². The van der Waals surface area contributed by atoms with Crippen LogP contribution in [0.1, 0.15) is 5.56 Å². The van der Waals surface area contributed by atoms with Crippen molar-refractivity contribution >= 4 is 37.7 Å². The number of amidine groups is 1. The van der Waals surface area contributed by atoms with Crippen LogP contribution in [-0.2, 0) is 0 Å². The SMILES string of the molecule is N=C(N)c1ccc(Oc2ccc(Br)cc2F)c(Br)c1. The minimum Gasteiger partial charge on any atom is -0.453 e. The highest BCUT2D eigenvalue weighted by Crippen LogP contribution is 2.32. The van der Waals surface area contributed by atoms with Crippen molar-refractivity contribution in [1.82, 2.24) is 0 Å². The third kappa shape index (κ3) is 3.33. The molecule has 0 aliphatic rings. The minimum atomic E-state index is -0.461. The fourth-order valence-corrected chi connectivity index (χ4v) is 2.22. The second-order valence-corrected chi connectivity index (χ2v) is 5.51. The Bertz CT molecular complexity index is 647. The second kappa shape index (κ2) is 5.71. The van der Waals surface area contributed by atoms with Crippen molar-refractivity contribution in [3.63, 3.8) is 0 Å². The molecule has 19 heavy (non-hydrogen) atoms. The standard InChI is InChI=1S/C13H9Br2FN2O/c14-8-2-4-12(10(16)6-8)19-11-3-1-7(13(17)18)5-9(11)15/h1-6H,(H3,17,18). The number of hydrogen-bond donors (Lipinski definition) is 2. The monoisotopic (exact) mass is 386 g/mol. The van der Waals surface area contributed by atoms with E-state index in [1.807, 2.05) is 0 Å². The van der Waals surface area contributed by atoms with Crippen LogP contribution >= 0.6 is 31.9 Å². The molecule has 2 rings (SSSR count). The van der Waals surface area contributed by atoms with E-state index in [4.69, 9.17) is 15.9 Å². The maximum absolute atomic E-state index is 13.7. The molecule has 0 saturated carbocycles. The van der Waals surface area contributed by atoms with Gasteiger partial charge < -0.3 is 10.5 Å². The van der Waals surface area contributed by atoms with Crippen LogP contribution in [-0.4, -0.2) is 5.84 Å². The Balaban J connectivity index is 2.31. The third-order valence-electron chi connectivity index (χ3n) is 2.36. The molecule has 0 atom stereocenters. The van der Waals surface area contributed by atoms with Crippen LogP contribution in [0.25, 0.3) is 0 Å². The predicted octanol–water partition coefficient (Wildman–Crippen LogP) is 4.43. The van der Waals surface area contributed by atoms with E-state index in [2.05, 4.69) is 31.9 Å². The molecule has 3 nitrogen and oxygen atoms in total. The van der Waals surface area contributed by atoms with E-state index >= 15 is 0 Å². The van der Waals surface area contributed by atoms with E-state index in [1.54, 1.807) is 24.3 Å². The number of halogens is 3. The van der Waals surface area contributed by atoms with E-state index in [0.29, 0.717) is 20.3 Å². The van der Waals surface area contributed by atoms with Gasteiger partial charge in [0.1, 0.15) is 11.6 Å². The summed E-state index contributed by atoms with van der Waals surface area (Å²) in [5.74, 6) is 0.0738. The summed E-state index contributed by atoms with van der Waals surface area (Å²) in [5, 5.41) is 7.33. The Morgan fingerprint density at radius 1 is 1.11 bits per heavy atom. The molecule has 6 heteroatoms. The Morgan fingerprint density at radius 3 is 2.37 bits per heavy atom. The first-order chi connectivity index (χ1) is 8.97. The van der Waals surface area contributed by atoms with Gasteiger partial charge in [-0.15, -0.1) is 0 Å². The Labute approximate surface area is 126 Å². The quantitative estimate of drug-likeness (QED) is 0.604. The number of benzene rings is 2. The summed E-state index contributed by atoms with van der Waals surface area (Å²) in [6.07, 6.45) is 0. The molecule has 0 aliphatic heterocycles. The van der Waals surface area contributed by atoms with Gasteiger partial charge >= 0.3 is 0 Å². The van der Waals surface area contributed by atoms with Gasteiger partial charge in [-0.3, -0.25) is 5.41 Å². The highest BCUT2D eigenvalue weighted by Gasteiger charge is 2.09. The van der Waals surface area contributed by atoms with Crippen LogP contribution in [0.2, 0.25) is 0 Å². The van der Waals surface area contributed by atoms with Crippen molar-refractivity contribution in [3.8, 4) is 11.5 Å². The molecule has 0 unspecified atom stereocenters. The average Bonchev–Trinajstić information content (AvgIpc) is 2.34. The maximum Gasteiger partial charge on any atom is 0.166 e. The van der Waals surface area contributed by atoms with Crippen LogP contribution in [0.3, 0.4) is 0 Å². The van der Waals surface area contributed by atoms with Crippen LogP contribution in [0.15, 0.2) is 45.3 Å². The van der Waals surface area contributed by atoms with E-state index in [9.17, 15) is 4.39 Å². The number of nitrogens with one attached hydrogen (secondary N) is 1. The zero-order valence-electron chi connectivity index (χ0n) is 9.58. The Hall–Kier alpha value is -1.40. The molecule has 0 fully saturated rings. The van der Waals surface area contributed by atoms with Gasteiger partial charge in [0.15, 0.2) is 11.6 Å². The van der Waals surface area contributed by atoms with E-state index in [-0.39, 0.29) is 11.6 Å². The normalized spacial score (nSPS) is 10.3. The molecule has 98 valence electrons. The lowest BCUT2D eigenvalue weighted by Crippen LogP contribution is -2.10. The molecule has 0 radical (unpaired) electrons. The van der Waals surface area contributed by atoms with Gasteiger partial charge in [0, 0.05) is 10.0 Å².